The number of nitrogens with one attached hydrogen (secondary N) is 1. The van der Waals surface area contributed by atoms with E-state index in [9.17, 15) is 29.3 Å². The van der Waals surface area contributed by atoms with Gasteiger partial charge in [-0.05, 0) is 6.07 Å². The highest BCUT2D eigenvalue weighted by molar-refractivity contribution is 5.99. The second-order valence-electron chi connectivity index (χ2n) is 5.54. The first-order chi connectivity index (χ1) is 12.6. The fourth-order valence-electron chi connectivity index (χ4n) is 2.42. The summed E-state index contributed by atoms with van der Waals surface area (Å²) in [5.41, 5.74) is 4.87. The Kier molecular flexibility index (Phi) is 7.39. The molecule has 1 aromatic carbocycles. The Morgan fingerprint density at radius 2 is 1.70 bits per heavy atom. The lowest BCUT2D eigenvalue weighted by atomic mass is 9.86. The fourth-order valence-corrected chi connectivity index (χ4v) is 2.42. The molecule has 27 heavy (non-hydrogen) atoms. The third kappa shape index (κ3) is 5.23. The minimum Gasteiger partial charge on any atom is -0.468 e. The van der Waals surface area contributed by atoms with Crippen LogP contribution in [0.15, 0.2) is 24.3 Å². The molecule has 0 spiro atoms. The monoisotopic (exact) mass is 381 g/mol. The van der Waals surface area contributed by atoms with Crippen molar-refractivity contribution >= 4 is 29.4 Å². The molecule has 0 bridgehead atoms. The van der Waals surface area contributed by atoms with E-state index >= 15 is 0 Å². The van der Waals surface area contributed by atoms with Gasteiger partial charge in [-0.25, -0.2) is 0 Å². The van der Waals surface area contributed by atoms with E-state index in [2.05, 4.69) is 14.8 Å². The lowest BCUT2D eigenvalue weighted by molar-refractivity contribution is -0.384. The summed E-state index contributed by atoms with van der Waals surface area (Å²) < 4.78 is 9.08. The topological polar surface area (TPSA) is 168 Å². The van der Waals surface area contributed by atoms with Gasteiger partial charge < -0.3 is 20.5 Å². The Labute approximate surface area is 153 Å². The Hall–Kier alpha value is -3.50. The second kappa shape index (κ2) is 9.27. The molecular weight excluding hydrogens is 362 g/mol. The van der Waals surface area contributed by atoms with Crippen molar-refractivity contribution in [2.45, 2.75) is 13.0 Å². The van der Waals surface area contributed by atoms with Crippen molar-refractivity contribution in [1.29, 1.82) is 0 Å². The van der Waals surface area contributed by atoms with Gasteiger partial charge in [-0.3, -0.25) is 29.3 Å². The third-order valence-electron chi connectivity index (χ3n) is 3.87. The van der Waals surface area contributed by atoms with Gasteiger partial charge in [0.05, 0.1) is 19.1 Å². The van der Waals surface area contributed by atoms with Crippen LogP contribution in [0.1, 0.15) is 17.3 Å². The highest BCUT2D eigenvalue weighted by atomic mass is 16.6. The number of hydrogen-bond acceptors (Lipinski definition) is 8. The zero-order valence-electron chi connectivity index (χ0n) is 14.8. The van der Waals surface area contributed by atoms with Crippen LogP contribution in [0, 0.1) is 22.0 Å². The van der Waals surface area contributed by atoms with Crippen LogP contribution in [0.4, 0.5) is 5.69 Å². The van der Waals surface area contributed by atoms with Crippen molar-refractivity contribution in [2.75, 3.05) is 14.2 Å². The van der Waals surface area contributed by atoms with Crippen molar-refractivity contribution in [3.8, 4) is 0 Å². The van der Waals surface area contributed by atoms with Crippen LogP contribution in [0.3, 0.4) is 0 Å². The number of nitrogens with zero attached hydrogens (tertiary/aromatic N) is 1. The van der Waals surface area contributed by atoms with Gasteiger partial charge in [0.2, 0.25) is 5.91 Å². The molecule has 0 aromatic heterocycles. The summed E-state index contributed by atoms with van der Waals surface area (Å²) in [7, 11) is 2.10. The first-order valence-electron chi connectivity index (χ1n) is 7.64. The van der Waals surface area contributed by atoms with Gasteiger partial charge >= 0.3 is 11.9 Å². The molecule has 2 atom stereocenters. The molecule has 0 saturated carbocycles. The maximum absolute atomic E-state index is 12.4. The van der Waals surface area contributed by atoms with E-state index in [4.69, 9.17) is 5.73 Å². The summed E-state index contributed by atoms with van der Waals surface area (Å²) in [6, 6.07) is 3.34. The number of hydrogen-bond donors (Lipinski definition) is 2. The summed E-state index contributed by atoms with van der Waals surface area (Å²) >= 11 is 0. The molecule has 0 radical (unpaired) electrons. The molecule has 11 nitrogen and oxygen atoms in total. The summed E-state index contributed by atoms with van der Waals surface area (Å²) in [5, 5.41) is 13.1. The van der Waals surface area contributed by atoms with Crippen LogP contribution in [0.25, 0.3) is 0 Å². The molecule has 1 aromatic rings. The minimum atomic E-state index is -1.51. The largest absolute Gasteiger partial charge is 0.468 e. The molecule has 3 N–H and O–H groups in total. The number of nitro benzene ring substituents is 1. The van der Waals surface area contributed by atoms with E-state index in [1.165, 1.54) is 25.1 Å². The predicted octanol–water partition coefficient (Wildman–Crippen LogP) is -0.223. The molecule has 0 aliphatic carbocycles. The quantitative estimate of drug-likeness (QED) is 0.269. The molecule has 1 rings (SSSR count). The SMILES string of the molecule is COC(=O)C(C(=O)OC)[C@H](C)[C@@H](NC(=O)c1cccc([N+](=O)[O-])c1)C(N)=O. The number of primary amides is 1. The van der Waals surface area contributed by atoms with Gasteiger partial charge in [-0.1, -0.05) is 13.0 Å². The van der Waals surface area contributed by atoms with Gasteiger partial charge in [0.25, 0.3) is 11.6 Å². The Balaban J connectivity index is 3.14. The maximum Gasteiger partial charge on any atom is 0.320 e. The molecule has 0 aliphatic heterocycles. The summed E-state index contributed by atoms with van der Waals surface area (Å²) in [6.45, 7) is 1.33. The van der Waals surface area contributed by atoms with Crippen molar-refractivity contribution in [1.82, 2.24) is 5.32 Å². The van der Waals surface area contributed by atoms with Gasteiger partial charge in [0, 0.05) is 23.6 Å². The van der Waals surface area contributed by atoms with E-state index in [0.29, 0.717) is 0 Å². The average molecular weight is 381 g/mol. The van der Waals surface area contributed by atoms with E-state index < -0.39 is 46.6 Å². The first kappa shape index (κ1) is 21.5. The number of methoxy groups -OCH3 is 2. The average Bonchev–Trinajstić information content (AvgIpc) is 2.65. The molecule has 0 fully saturated rings. The minimum absolute atomic E-state index is 0.102. The van der Waals surface area contributed by atoms with Gasteiger partial charge in [0.1, 0.15) is 6.04 Å². The number of carbonyl (C=O) groups is 4. The first-order valence-corrected chi connectivity index (χ1v) is 7.64. The van der Waals surface area contributed by atoms with E-state index in [-0.39, 0.29) is 11.3 Å². The molecule has 0 aliphatic rings. The zero-order chi connectivity index (χ0) is 20.7. The van der Waals surface area contributed by atoms with Gasteiger partial charge in [-0.2, -0.15) is 0 Å². The number of esters is 2. The van der Waals surface area contributed by atoms with Crippen LogP contribution in [0.2, 0.25) is 0 Å². The standard InChI is InChI=1S/C16H19N3O8/c1-8(11(15(22)26-2)16(23)27-3)12(13(17)20)18-14(21)9-5-4-6-10(7-9)19(24)25/h4-8,11-12H,1-3H3,(H2,17,20)(H,18,21)/t8-,12+/m0/s1. The van der Waals surface area contributed by atoms with Crippen LogP contribution < -0.4 is 11.1 Å². The Morgan fingerprint density at radius 3 is 2.15 bits per heavy atom. The number of benzene rings is 1. The number of non-ortho nitro benzene ring substituents is 1. The van der Waals surface area contributed by atoms with Crippen molar-refractivity contribution in [2.24, 2.45) is 17.6 Å². The van der Waals surface area contributed by atoms with E-state index in [1.54, 1.807) is 0 Å². The molecule has 0 unspecified atom stereocenters. The molecule has 2 amide bonds. The van der Waals surface area contributed by atoms with Crippen LogP contribution >= 0.6 is 0 Å². The van der Waals surface area contributed by atoms with E-state index in [0.717, 1.165) is 20.3 Å². The van der Waals surface area contributed by atoms with Gasteiger partial charge in [-0.15, -0.1) is 0 Å². The Bertz CT molecular complexity index is 748. The van der Waals surface area contributed by atoms with Crippen molar-refractivity contribution in [3.05, 3.63) is 39.9 Å². The molecule has 0 heterocycles. The lowest BCUT2D eigenvalue weighted by Gasteiger charge is -2.26. The predicted molar refractivity (Wildman–Crippen MR) is 90.2 cm³/mol. The number of nitrogens with two attached hydrogens (primary N) is 1. The van der Waals surface area contributed by atoms with Crippen LogP contribution in [-0.4, -0.2) is 48.9 Å². The number of amides is 2. The summed E-state index contributed by atoms with van der Waals surface area (Å²) in [4.78, 5) is 58.1. The molecular formula is C16H19N3O8. The zero-order valence-corrected chi connectivity index (χ0v) is 14.8. The smallest absolute Gasteiger partial charge is 0.320 e. The van der Waals surface area contributed by atoms with Crippen LogP contribution in [-0.2, 0) is 23.9 Å². The van der Waals surface area contributed by atoms with Gasteiger partial charge in [0.15, 0.2) is 5.92 Å². The number of carbonyl (C=O) groups excluding carboxylic acids is 4. The van der Waals surface area contributed by atoms with Crippen molar-refractivity contribution < 1.29 is 33.6 Å². The van der Waals surface area contributed by atoms with E-state index in [1.807, 2.05) is 0 Å². The molecule has 146 valence electrons. The number of nitro groups is 1. The molecule has 0 saturated heterocycles. The third-order valence-corrected chi connectivity index (χ3v) is 3.87. The lowest BCUT2D eigenvalue weighted by Crippen LogP contribution is -2.52. The number of rotatable bonds is 8. The highest BCUT2D eigenvalue weighted by Crippen LogP contribution is 2.20. The van der Waals surface area contributed by atoms with Crippen molar-refractivity contribution in [3.63, 3.8) is 0 Å². The Morgan fingerprint density at radius 1 is 1.15 bits per heavy atom. The highest BCUT2D eigenvalue weighted by Gasteiger charge is 2.41. The number of ether oxygens (including phenoxy) is 2. The normalized spacial score (nSPS) is 12.6. The molecule has 11 heteroatoms. The maximum atomic E-state index is 12.4. The summed E-state index contributed by atoms with van der Waals surface area (Å²) in [6.07, 6.45) is 0. The van der Waals surface area contributed by atoms with Crippen LogP contribution in [0.5, 0.6) is 0 Å². The second-order valence-corrected chi connectivity index (χ2v) is 5.54. The summed E-state index contributed by atoms with van der Waals surface area (Å²) in [5.74, 6) is -6.41. The fraction of sp³-hybridized carbons (Fsp3) is 0.375.